The van der Waals surface area contributed by atoms with Gasteiger partial charge in [-0.2, -0.15) is 0 Å². The molecular formula is C16H24O6. The molecule has 2 aliphatic rings. The molecule has 4 atom stereocenters. The topological polar surface area (TPSA) is 93.1 Å². The third kappa shape index (κ3) is 3.03. The Hall–Kier alpha value is -1.40. The van der Waals surface area contributed by atoms with Crippen LogP contribution in [0.1, 0.15) is 26.7 Å². The molecule has 0 aromatic heterocycles. The molecule has 4 unspecified atom stereocenters. The van der Waals surface area contributed by atoms with E-state index in [1.54, 1.807) is 6.08 Å². The number of esters is 1. The molecule has 0 aromatic carbocycles. The first-order valence-electron chi connectivity index (χ1n) is 7.62. The molecule has 1 fully saturated rings. The van der Waals surface area contributed by atoms with E-state index in [0.29, 0.717) is 6.42 Å². The number of methoxy groups -OCH3 is 1. The second kappa shape index (κ2) is 6.38. The predicted octanol–water partition coefficient (Wildman–Crippen LogP) is 1.23. The molecule has 6 nitrogen and oxygen atoms in total. The van der Waals surface area contributed by atoms with Crippen LogP contribution >= 0.6 is 0 Å². The lowest BCUT2D eigenvalue weighted by molar-refractivity contribution is -0.175. The van der Waals surface area contributed by atoms with Crippen LogP contribution in [0.4, 0.5) is 0 Å². The minimum absolute atomic E-state index is 0.0321. The van der Waals surface area contributed by atoms with Gasteiger partial charge in [0.25, 0.3) is 0 Å². The van der Waals surface area contributed by atoms with Gasteiger partial charge in [-0.15, -0.1) is 0 Å². The lowest BCUT2D eigenvalue weighted by atomic mass is 9.61. The van der Waals surface area contributed by atoms with E-state index in [0.717, 1.165) is 6.42 Å². The zero-order valence-corrected chi connectivity index (χ0v) is 13.2. The number of hydrogen-bond acceptors (Lipinski definition) is 5. The maximum Gasteiger partial charge on any atom is 0.334 e. The Kier molecular flexibility index (Phi) is 4.92. The van der Waals surface area contributed by atoms with Crippen LogP contribution < -0.4 is 0 Å². The summed E-state index contributed by atoms with van der Waals surface area (Å²) in [7, 11) is 1.47. The van der Waals surface area contributed by atoms with Gasteiger partial charge in [0.2, 0.25) is 0 Å². The smallest absolute Gasteiger partial charge is 0.334 e. The number of allylic oxidation sites excluding steroid dienone is 1. The van der Waals surface area contributed by atoms with Crippen molar-refractivity contribution in [3.05, 3.63) is 11.6 Å². The van der Waals surface area contributed by atoms with E-state index in [4.69, 9.17) is 9.47 Å². The molecular weight excluding hydrogens is 288 g/mol. The number of hydrogen-bond donors (Lipinski definition) is 2. The molecule has 1 saturated carbocycles. The SMILES string of the molecule is COCC1(O)CCC(C(C)C)C2C=C(C(=O)O)COC(=O)C21. The predicted molar refractivity (Wildman–Crippen MR) is 78.0 cm³/mol. The Balaban J connectivity index is 2.47. The molecule has 2 rings (SSSR count). The van der Waals surface area contributed by atoms with E-state index in [2.05, 4.69) is 0 Å². The number of ether oxygens (including phenoxy) is 2. The number of carbonyl (C=O) groups is 2. The third-order valence-corrected chi connectivity index (χ3v) is 4.91. The summed E-state index contributed by atoms with van der Waals surface area (Å²) in [6.07, 6.45) is 2.77. The first kappa shape index (κ1) is 17.0. The fourth-order valence-electron chi connectivity index (χ4n) is 3.81. The van der Waals surface area contributed by atoms with Crippen LogP contribution in [0.5, 0.6) is 0 Å². The minimum Gasteiger partial charge on any atom is -0.478 e. The lowest BCUT2D eigenvalue weighted by Crippen LogP contribution is -2.55. The Bertz CT molecular complexity index is 483. The summed E-state index contributed by atoms with van der Waals surface area (Å²) in [5, 5.41) is 20.1. The van der Waals surface area contributed by atoms with E-state index in [1.165, 1.54) is 7.11 Å². The van der Waals surface area contributed by atoms with E-state index in [1.807, 2.05) is 13.8 Å². The number of rotatable bonds is 4. The summed E-state index contributed by atoms with van der Waals surface area (Å²) in [5.74, 6) is -2.36. The molecule has 2 N–H and O–H groups in total. The molecule has 6 heteroatoms. The van der Waals surface area contributed by atoms with Crippen molar-refractivity contribution in [2.45, 2.75) is 32.3 Å². The second-order valence-corrected chi connectivity index (χ2v) is 6.64. The van der Waals surface area contributed by atoms with Crippen LogP contribution in [-0.4, -0.2) is 48.1 Å². The maximum absolute atomic E-state index is 12.4. The Morgan fingerprint density at radius 3 is 2.77 bits per heavy atom. The van der Waals surface area contributed by atoms with Crippen molar-refractivity contribution in [1.29, 1.82) is 0 Å². The molecule has 0 spiro atoms. The first-order valence-corrected chi connectivity index (χ1v) is 7.62. The largest absolute Gasteiger partial charge is 0.478 e. The lowest BCUT2D eigenvalue weighted by Gasteiger charge is -2.46. The van der Waals surface area contributed by atoms with Gasteiger partial charge in [-0.25, -0.2) is 4.79 Å². The van der Waals surface area contributed by atoms with Crippen LogP contribution in [-0.2, 0) is 19.1 Å². The zero-order chi connectivity index (χ0) is 16.5. The summed E-state index contributed by atoms with van der Waals surface area (Å²) in [4.78, 5) is 23.7. The average molecular weight is 312 g/mol. The minimum atomic E-state index is -1.31. The Labute approximate surface area is 130 Å². The van der Waals surface area contributed by atoms with E-state index < -0.39 is 23.5 Å². The average Bonchev–Trinajstić information content (AvgIpc) is 2.59. The van der Waals surface area contributed by atoms with Crippen LogP contribution in [0.15, 0.2) is 11.6 Å². The number of aliphatic hydroxyl groups is 1. The monoisotopic (exact) mass is 312 g/mol. The fraction of sp³-hybridized carbons (Fsp3) is 0.750. The molecule has 124 valence electrons. The molecule has 1 aliphatic heterocycles. The highest BCUT2D eigenvalue weighted by Crippen LogP contribution is 2.47. The van der Waals surface area contributed by atoms with Gasteiger partial charge in [-0.3, -0.25) is 4.79 Å². The van der Waals surface area contributed by atoms with Gasteiger partial charge >= 0.3 is 11.9 Å². The van der Waals surface area contributed by atoms with E-state index in [-0.39, 0.29) is 36.5 Å². The molecule has 1 heterocycles. The van der Waals surface area contributed by atoms with Crippen molar-refractivity contribution in [1.82, 2.24) is 0 Å². The summed E-state index contributed by atoms with van der Waals surface area (Å²) in [5.41, 5.74) is -1.24. The van der Waals surface area contributed by atoms with E-state index in [9.17, 15) is 19.8 Å². The summed E-state index contributed by atoms with van der Waals surface area (Å²) >= 11 is 0. The second-order valence-electron chi connectivity index (χ2n) is 6.64. The standard InChI is InChI=1S/C16H24O6/c1-9(2)11-4-5-16(20,8-21-3)13-12(11)6-10(14(17)18)7-22-15(13)19/h6,9,11-13,20H,4-5,7-8H2,1-3H3,(H,17,18). The van der Waals surface area contributed by atoms with Crippen LogP contribution in [0.25, 0.3) is 0 Å². The molecule has 0 saturated heterocycles. The number of carboxylic acids is 1. The highest BCUT2D eigenvalue weighted by atomic mass is 16.5. The normalized spacial score (nSPS) is 35.4. The zero-order valence-electron chi connectivity index (χ0n) is 13.2. The van der Waals surface area contributed by atoms with Crippen LogP contribution in [0, 0.1) is 23.7 Å². The van der Waals surface area contributed by atoms with Gasteiger partial charge < -0.3 is 19.7 Å². The van der Waals surface area contributed by atoms with Gasteiger partial charge in [0.05, 0.1) is 18.1 Å². The molecule has 0 bridgehead atoms. The molecule has 22 heavy (non-hydrogen) atoms. The van der Waals surface area contributed by atoms with Crippen molar-refractivity contribution >= 4 is 11.9 Å². The number of cyclic esters (lactones) is 1. The summed E-state index contributed by atoms with van der Waals surface area (Å²) in [6, 6.07) is 0. The highest BCUT2D eigenvalue weighted by molar-refractivity contribution is 5.88. The fourth-order valence-corrected chi connectivity index (χ4v) is 3.81. The Morgan fingerprint density at radius 1 is 1.55 bits per heavy atom. The third-order valence-electron chi connectivity index (χ3n) is 4.91. The summed E-state index contributed by atoms with van der Waals surface area (Å²) in [6.45, 7) is 3.87. The molecule has 1 aliphatic carbocycles. The number of carbonyl (C=O) groups excluding carboxylic acids is 1. The van der Waals surface area contributed by atoms with Gasteiger partial charge in [-0.1, -0.05) is 19.9 Å². The quantitative estimate of drug-likeness (QED) is 0.758. The summed E-state index contributed by atoms with van der Waals surface area (Å²) < 4.78 is 10.2. The van der Waals surface area contributed by atoms with Crippen molar-refractivity contribution in [3.8, 4) is 0 Å². The van der Waals surface area contributed by atoms with Crippen molar-refractivity contribution < 1.29 is 29.3 Å². The van der Waals surface area contributed by atoms with Gasteiger partial charge in [0.1, 0.15) is 12.2 Å². The van der Waals surface area contributed by atoms with Gasteiger partial charge in [0.15, 0.2) is 0 Å². The maximum atomic E-state index is 12.4. The van der Waals surface area contributed by atoms with Crippen molar-refractivity contribution in [2.75, 3.05) is 20.3 Å². The van der Waals surface area contributed by atoms with Gasteiger partial charge in [0, 0.05) is 7.11 Å². The van der Waals surface area contributed by atoms with Gasteiger partial charge in [-0.05, 0) is 30.6 Å². The van der Waals surface area contributed by atoms with Crippen LogP contribution in [0.3, 0.4) is 0 Å². The van der Waals surface area contributed by atoms with Crippen LogP contribution in [0.2, 0.25) is 0 Å². The number of fused-ring (bicyclic) bond motifs is 1. The van der Waals surface area contributed by atoms with E-state index >= 15 is 0 Å². The first-order chi connectivity index (χ1) is 10.3. The van der Waals surface area contributed by atoms with Crippen molar-refractivity contribution in [2.24, 2.45) is 23.7 Å². The number of aliphatic carboxylic acids is 1. The van der Waals surface area contributed by atoms with Crippen molar-refractivity contribution in [3.63, 3.8) is 0 Å². The molecule has 0 aromatic rings. The molecule has 0 radical (unpaired) electrons. The highest BCUT2D eigenvalue weighted by Gasteiger charge is 2.53. The Morgan fingerprint density at radius 2 is 2.23 bits per heavy atom. The molecule has 0 amide bonds. The number of carboxylic acid groups (broad SMARTS) is 1.